The highest BCUT2D eigenvalue weighted by molar-refractivity contribution is 7.17. The number of anilines is 1. The third kappa shape index (κ3) is 3.97. The molecule has 6 nitrogen and oxygen atoms in total. The van der Waals surface area contributed by atoms with Gasteiger partial charge in [0.25, 0.3) is 11.5 Å². The number of aromatic nitrogens is 2. The van der Waals surface area contributed by atoms with Gasteiger partial charge in [0.2, 0.25) is 0 Å². The summed E-state index contributed by atoms with van der Waals surface area (Å²) in [5, 5.41) is 2.96. The molecular formula is C25H24N4O2S. The SMILES string of the molecule is CCN1CCc2c(cccc2NC(=O)c2cnc3sc(Cc4ccccc4)cn3c2=O)C1. The molecule has 0 saturated heterocycles. The number of hydrogen-bond donors (Lipinski definition) is 1. The van der Waals surface area contributed by atoms with Crippen molar-refractivity contribution in [1.82, 2.24) is 14.3 Å². The second-order valence-corrected chi connectivity index (χ2v) is 9.10. The van der Waals surface area contributed by atoms with Gasteiger partial charge in [0.1, 0.15) is 5.56 Å². The van der Waals surface area contributed by atoms with Crippen molar-refractivity contribution >= 4 is 27.9 Å². The van der Waals surface area contributed by atoms with Gasteiger partial charge in [-0.05, 0) is 35.7 Å². The van der Waals surface area contributed by atoms with Crippen LogP contribution in [-0.4, -0.2) is 33.3 Å². The third-order valence-corrected chi connectivity index (χ3v) is 6.96. The highest BCUT2D eigenvalue weighted by Crippen LogP contribution is 2.26. The quantitative estimate of drug-likeness (QED) is 0.506. The molecule has 0 radical (unpaired) electrons. The second kappa shape index (κ2) is 8.68. The van der Waals surface area contributed by atoms with Gasteiger partial charge >= 0.3 is 0 Å². The van der Waals surface area contributed by atoms with Crippen molar-refractivity contribution in [3.8, 4) is 0 Å². The van der Waals surface area contributed by atoms with Gasteiger partial charge in [0.05, 0.1) is 0 Å². The van der Waals surface area contributed by atoms with Crippen LogP contribution in [0.25, 0.3) is 4.96 Å². The molecule has 0 unspecified atom stereocenters. The maximum atomic E-state index is 13.1. The molecular weight excluding hydrogens is 420 g/mol. The average Bonchev–Trinajstić information content (AvgIpc) is 3.23. The molecule has 0 fully saturated rings. The number of hydrogen-bond acceptors (Lipinski definition) is 5. The number of nitrogens with zero attached hydrogens (tertiary/aromatic N) is 3. The molecule has 4 aromatic rings. The molecule has 3 heterocycles. The van der Waals surface area contributed by atoms with E-state index >= 15 is 0 Å². The van der Waals surface area contributed by atoms with E-state index in [1.54, 1.807) is 6.20 Å². The lowest BCUT2D eigenvalue weighted by Gasteiger charge is -2.29. The Morgan fingerprint density at radius 3 is 2.81 bits per heavy atom. The smallest absolute Gasteiger partial charge is 0.271 e. The van der Waals surface area contributed by atoms with Crippen molar-refractivity contribution in [2.24, 2.45) is 0 Å². The van der Waals surface area contributed by atoms with Crippen LogP contribution < -0.4 is 10.9 Å². The first-order valence-corrected chi connectivity index (χ1v) is 11.6. The summed E-state index contributed by atoms with van der Waals surface area (Å²) < 4.78 is 1.48. The standard InChI is InChI=1S/C25H24N4O2S/c1-2-28-12-11-20-18(15-28)9-6-10-22(20)27-23(30)21-14-26-25-29(24(21)31)16-19(32-25)13-17-7-4-3-5-8-17/h3-10,14,16H,2,11-13,15H2,1H3,(H,27,30). The number of fused-ring (bicyclic) bond motifs is 2. The zero-order valence-corrected chi connectivity index (χ0v) is 18.7. The molecule has 2 aromatic heterocycles. The highest BCUT2D eigenvalue weighted by atomic mass is 32.1. The van der Waals surface area contributed by atoms with Crippen molar-refractivity contribution < 1.29 is 4.79 Å². The number of nitrogens with one attached hydrogen (secondary N) is 1. The third-order valence-electron chi connectivity index (χ3n) is 5.96. The van der Waals surface area contributed by atoms with E-state index in [1.165, 1.54) is 33.1 Å². The lowest BCUT2D eigenvalue weighted by atomic mass is 9.97. The van der Waals surface area contributed by atoms with E-state index in [-0.39, 0.29) is 11.1 Å². The molecule has 1 amide bonds. The number of likely N-dealkylation sites (N-methyl/N-ethyl adjacent to an activating group) is 1. The van der Waals surface area contributed by atoms with Crippen molar-refractivity contribution in [1.29, 1.82) is 0 Å². The van der Waals surface area contributed by atoms with Gasteiger partial charge in [-0.25, -0.2) is 4.98 Å². The minimum Gasteiger partial charge on any atom is -0.322 e. The topological polar surface area (TPSA) is 66.7 Å². The molecule has 0 aliphatic carbocycles. The van der Waals surface area contributed by atoms with Crippen LogP contribution in [0.4, 0.5) is 5.69 Å². The maximum Gasteiger partial charge on any atom is 0.271 e. The molecule has 2 aromatic carbocycles. The summed E-state index contributed by atoms with van der Waals surface area (Å²) in [6, 6.07) is 16.1. The average molecular weight is 445 g/mol. The van der Waals surface area contributed by atoms with Crippen LogP contribution in [0.15, 0.2) is 65.7 Å². The van der Waals surface area contributed by atoms with Crippen LogP contribution in [0, 0.1) is 0 Å². The number of carbonyl (C=O) groups excluding carboxylic acids is 1. The van der Waals surface area contributed by atoms with Crippen LogP contribution in [0.1, 0.15) is 38.8 Å². The fraction of sp³-hybridized carbons (Fsp3) is 0.240. The number of carbonyl (C=O) groups is 1. The molecule has 32 heavy (non-hydrogen) atoms. The summed E-state index contributed by atoms with van der Waals surface area (Å²) >= 11 is 1.47. The molecule has 0 spiro atoms. The Hall–Kier alpha value is -3.29. The van der Waals surface area contributed by atoms with E-state index in [9.17, 15) is 9.59 Å². The first-order chi connectivity index (χ1) is 15.6. The van der Waals surface area contributed by atoms with E-state index in [1.807, 2.05) is 30.3 Å². The van der Waals surface area contributed by atoms with Crippen LogP contribution >= 0.6 is 11.3 Å². The van der Waals surface area contributed by atoms with Crippen LogP contribution in [-0.2, 0) is 19.4 Å². The second-order valence-electron chi connectivity index (χ2n) is 8.01. The molecule has 0 atom stereocenters. The van der Waals surface area contributed by atoms with E-state index in [2.05, 4.69) is 40.3 Å². The maximum absolute atomic E-state index is 13.1. The molecule has 1 N–H and O–H groups in total. The van der Waals surface area contributed by atoms with Gasteiger partial charge in [0.15, 0.2) is 4.96 Å². The number of benzene rings is 2. The molecule has 0 bridgehead atoms. The zero-order valence-electron chi connectivity index (χ0n) is 17.9. The van der Waals surface area contributed by atoms with Gasteiger partial charge in [-0.3, -0.25) is 18.9 Å². The van der Waals surface area contributed by atoms with Crippen LogP contribution in [0.5, 0.6) is 0 Å². The summed E-state index contributed by atoms with van der Waals surface area (Å²) in [4.78, 5) is 34.5. The minimum absolute atomic E-state index is 0.0511. The summed E-state index contributed by atoms with van der Waals surface area (Å²) in [6.07, 6.45) is 4.79. The number of amides is 1. The van der Waals surface area contributed by atoms with E-state index in [4.69, 9.17) is 0 Å². The summed E-state index contributed by atoms with van der Waals surface area (Å²) in [7, 11) is 0. The van der Waals surface area contributed by atoms with Gasteiger partial charge < -0.3 is 5.32 Å². The Labute approximate surface area is 190 Å². The fourth-order valence-corrected chi connectivity index (χ4v) is 5.18. The summed E-state index contributed by atoms with van der Waals surface area (Å²) in [5.74, 6) is -0.418. The summed E-state index contributed by atoms with van der Waals surface area (Å²) in [6.45, 7) is 5.00. The molecule has 7 heteroatoms. The van der Waals surface area contributed by atoms with Gasteiger partial charge in [-0.15, -0.1) is 11.3 Å². The van der Waals surface area contributed by atoms with Crippen molar-refractivity contribution in [2.45, 2.75) is 26.3 Å². The first-order valence-electron chi connectivity index (χ1n) is 10.8. The zero-order chi connectivity index (χ0) is 22.1. The highest BCUT2D eigenvalue weighted by Gasteiger charge is 2.20. The molecule has 5 rings (SSSR count). The normalized spacial score (nSPS) is 13.8. The predicted octanol–water partition coefficient (Wildman–Crippen LogP) is 3.98. The van der Waals surface area contributed by atoms with E-state index in [0.717, 1.165) is 48.6 Å². The molecule has 0 saturated carbocycles. The van der Waals surface area contributed by atoms with E-state index in [0.29, 0.717) is 4.96 Å². The summed E-state index contributed by atoms with van der Waals surface area (Å²) in [5.41, 5.74) is 4.04. The van der Waals surface area contributed by atoms with Gasteiger partial charge in [-0.2, -0.15) is 0 Å². The van der Waals surface area contributed by atoms with Crippen molar-refractivity contribution in [3.05, 3.63) is 98.4 Å². The Kier molecular flexibility index (Phi) is 5.59. The van der Waals surface area contributed by atoms with Crippen LogP contribution in [0.2, 0.25) is 0 Å². The Balaban J connectivity index is 1.41. The molecule has 1 aliphatic heterocycles. The first kappa shape index (κ1) is 20.6. The lowest BCUT2D eigenvalue weighted by Crippen LogP contribution is -2.31. The molecule has 162 valence electrons. The van der Waals surface area contributed by atoms with E-state index < -0.39 is 5.91 Å². The lowest BCUT2D eigenvalue weighted by molar-refractivity contribution is 0.102. The molecule has 1 aliphatic rings. The minimum atomic E-state index is -0.418. The van der Waals surface area contributed by atoms with Gasteiger partial charge in [0, 0.05) is 42.5 Å². The Morgan fingerprint density at radius 2 is 2.00 bits per heavy atom. The monoisotopic (exact) mass is 444 g/mol. The van der Waals surface area contributed by atoms with Crippen molar-refractivity contribution in [3.63, 3.8) is 0 Å². The van der Waals surface area contributed by atoms with Crippen molar-refractivity contribution in [2.75, 3.05) is 18.4 Å². The Morgan fingerprint density at radius 1 is 1.16 bits per heavy atom. The largest absolute Gasteiger partial charge is 0.322 e. The fourth-order valence-electron chi connectivity index (χ4n) is 4.21. The number of thiazole rings is 1. The number of rotatable bonds is 5. The predicted molar refractivity (Wildman–Crippen MR) is 128 cm³/mol. The van der Waals surface area contributed by atoms with Gasteiger partial charge in [-0.1, -0.05) is 49.4 Å². The van der Waals surface area contributed by atoms with Crippen LogP contribution in [0.3, 0.4) is 0 Å². The Bertz CT molecular complexity index is 1340.